The molecule has 0 heterocycles. The first kappa shape index (κ1) is 13.9. The summed E-state index contributed by atoms with van der Waals surface area (Å²) in [6.45, 7) is 7.58. The molecule has 0 aromatic heterocycles. The maximum Gasteiger partial charge on any atom is 0.178 e. The molecule has 0 aliphatic carbocycles. The molecule has 94 valence electrons. The first-order valence-corrected chi connectivity index (χ1v) is 7.48. The van der Waals surface area contributed by atoms with Crippen molar-refractivity contribution in [2.45, 2.75) is 27.7 Å². The van der Waals surface area contributed by atoms with Crippen LogP contribution in [0, 0.1) is 27.7 Å². The fourth-order valence-electron chi connectivity index (χ4n) is 1.95. The lowest BCUT2D eigenvalue weighted by Crippen LogP contribution is -2.17. The predicted octanol–water partition coefficient (Wildman–Crippen LogP) is 2.15. The van der Waals surface area contributed by atoms with Crippen molar-refractivity contribution in [2.75, 3.05) is 12.0 Å². The van der Waals surface area contributed by atoms with Crippen LogP contribution < -0.4 is 0 Å². The minimum atomic E-state index is -3.28. The summed E-state index contributed by atoms with van der Waals surface area (Å²) in [7, 11) is -3.28. The standard InChI is InChI=1S/C13H18O3S/c1-8-6-9(2)11(4)13(10(8)3)12(14)7-17(5,15)16/h6H,7H2,1-5H3. The minimum absolute atomic E-state index is 0.311. The fourth-order valence-corrected chi connectivity index (χ4v) is 2.57. The molecule has 0 saturated heterocycles. The molecular formula is C13H18O3S. The molecule has 0 radical (unpaired) electrons. The van der Waals surface area contributed by atoms with Crippen molar-refractivity contribution in [3.8, 4) is 0 Å². The zero-order valence-electron chi connectivity index (χ0n) is 10.9. The molecule has 4 heteroatoms. The number of sulfone groups is 1. The highest BCUT2D eigenvalue weighted by Crippen LogP contribution is 2.22. The number of Topliss-reactive ketones (excluding diaryl/α,β-unsaturated/α-hetero) is 1. The number of rotatable bonds is 3. The number of aryl methyl sites for hydroxylation is 2. The van der Waals surface area contributed by atoms with Crippen LogP contribution in [-0.2, 0) is 9.84 Å². The van der Waals surface area contributed by atoms with E-state index >= 15 is 0 Å². The van der Waals surface area contributed by atoms with Gasteiger partial charge in [-0.3, -0.25) is 4.79 Å². The van der Waals surface area contributed by atoms with E-state index in [-0.39, 0.29) is 5.78 Å². The van der Waals surface area contributed by atoms with Gasteiger partial charge in [-0.05, 0) is 49.9 Å². The first-order valence-electron chi connectivity index (χ1n) is 5.42. The van der Waals surface area contributed by atoms with E-state index in [1.54, 1.807) is 0 Å². The van der Waals surface area contributed by atoms with Crippen LogP contribution in [0.4, 0.5) is 0 Å². The van der Waals surface area contributed by atoms with Gasteiger partial charge in [-0.1, -0.05) is 6.07 Å². The van der Waals surface area contributed by atoms with E-state index in [0.717, 1.165) is 28.5 Å². The second-order valence-electron chi connectivity index (χ2n) is 4.63. The van der Waals surface area contributed by atoms with E-state index in [9.17, 15) is 13.2 Å². The van der Waals surface area contributed by atoms with Gasteiger partial charge in [0, 0.05) is 11.8 Å². The highest BCUT2D eigenvalue weighted by atomic mass is 32.2. The van der Waals surface area contributed by atoms with Crippen molar-refractivity contribution in [1.29, 1.82) is 0 Å². The summed E-state index contributed by atoms with van der Waals surface area (Å²) in [6, 6.07) is 2.02. The molecule has 1 rings (SSSR count). The van der Waals surface area contributed by atoms with Crippen LogP contribution in [0.3, 0.4) is 0 Å². The highest BCUT2D eigenvalue weighted by molar-refractivity contribution is 7.91. The van der Waals surface area contributed by atoms with Crippen LogP contribution >= 0.6 is 0 Å². The second-order valence-corrected chi connectivity index (χ2v) is 6.77. The molecule has 0 atom stereocenters. The number of carbonyl (C=O) groups is 1. The Hall–Kier alpha value is -1.16. The third-order valence-corrected chi connectivity index (χ3v) is 3.82. The molecule has 0 spiro atoms. The average molecular weight is 254 g/mol. The summed E-state index contributed by atoms with van der Waals surface area (Å²) >= 11 is 0. The van der Waals surface area contributed by atoms with Gasteiger partial charge in [-0.2, -0.15) is 0 Å². The van der Waals surface area contributed by atoms with Gasteiger partial charge in [0.05, 0.1) is 0 Å². The third-order valence-electron chi connectivity index (χ3n) is 3.04. The summed E-state index contributed by atoms with van der Waals surface area (Å²) < 4.78 is 22.4. The van der Waals surface area contributed by atoms with Crippen LogP contribution in [0.5, 0.6) is 0 Å². The SMILES string of the molecule is Cc1cc(C)c(C)c(C(=O)CS(C)(=O)=O)c1C. The largest absolute Gasteiger partial charge is 0.293 e. The van der Waals surface area contributed by atoms with Gasteiger partial charge in [-0.25, -0.2) is 8.42 Å². The molecular weight excluding hydrogens is 236 g/mol. The normalized spacial score (nSPS) is 11.6. The summed E-state index contributed by atoms with van der Waals surface area (Å²) in [5, 5.41) is 0. The summed E-state index contributed by atoms with van der Waals surface area (Å²) in [6.07, 6.45) is 1.08. The number of hydrogen-bond donors (Lipinski definition) is 0. The summed E-state index contributed by atoms with van der Waals surface area (Å²) in [5.74, 6) is -0.730. The van der Waals surface area contributed by atoms with E-state index in [2.05, 4.69) is 0 Å². The van der Waals surface area contributed by atoms with Crippen LogP contribution in [0.15, 0.2) is 6.07 Å². The number of benzene rings is 1. The number of hydrogen-bond acceptors (Lipinski definition) is 3. The maximum absolute atomic E-state index is 12.0. The summed E-state index contributed by atoms with van der Waals surface area (Å²) in [4.78, 5) is 12.0. The molecule has 0 aliphatic heterocycles. The molecule has 0 aliphatic rings. The van der Waals surface area contributed by atoms with Crippen LogP contribution in [0.25, 0.3) is 0 Å². The van der Waals surface area contributed by atoms with E-state index < -0.39 is 15.6 Å². The molecule has 1 aromatic carbocycles. The Bertz CT molecular complexity index is 543. The third kappa shape index (κ3) is 3.16. The molecule has 0 fully saturated rings. The van der Waals surface area contributed by atoms with Gasteiger partial charge < -0.3 is 0 Å². The van der Waals surface area contributed by atoms with Crippen LogP contribution in [0.1, 0.15) is 32.6 Å². The van der Waals surface area contributed by atoms with Gasteiger partial charge >= 0.3 is 0 Å². The Balaban J connectivity index is 3.36. The molecule has 3 nitrogen and oxygen atoms in total. The van der Waals surface area contributed by atoms with Gasteiger partial charge in [0.2, 0.25) is 0 Å². The average Bonchev–Trinajstić information content (AvgIpc) is 2.12. The van der Waals surface area contributed by atoms with E-state index in [0.29, 0.717) is 5.56 Å². The first-order chi connectivity index (χ1) is 7.63. The van der Waals surface area contributed by atoms with Gasteiger partial charge in [0.15, 0.2) is 15.6 Å². The molecule has 17 heavy (non-hydrogen) atoms. The Morgan fingerprint density at radius 1 is 1.06 bits per heavy atom. The van der Waals surface area contributed by atoms with Crippen molar-refractivity contribution in [3.05, 3.63) is 33.9 Å². The minimum Gasteiger partial charge on any atom is -0.293 e. The van der Waals surface area contributed by atoms with Crippen molar-refractivity contribution in [1.82, 2.24) is 0 Å². The van der Waals surface area contributed by atoms with Gasteiger partial charge in [-0.15, -0.1) is 0 Å². The van der Waals surface area contributed by atoms with Crippen molar-refractivity contribution in [3.63, 3.8) is 0 Å². The number of ketones is 1. The molecule has 1 aromatic rings. The molecule has 0 bridgehead atoms. The lowest BCUT2D eigenvalue weighted by molar-refractivity contribution is 0.101. The zero-order chi connectivity index (χ0) is 13.4. The predicted molar refractivity (Wildman–Crippen MR) is 69.4 cm³/mol. The molecule has 0 unspecified atom stereocenters. The fraction of sp³-hybridized carbons (Fsp3) is 0.462. The lowest BCUT2D eigenvalue weighted by atomic mass is 9.92. The van der Waals surface area contributed by atoms with Gasteiger partial charge in [0.25, 0.3) is 0 Å². The quantitative estimate of drug-likeness (QED) is 0.777. The monoisotopic (exact) mass is 254 g/mol. The molecule has 0 amide bonds. The molecule has 0 N–H and O–H groups in total. The second kappa shape index (κ2) is 4.61. The van der Waals surface area contributed by atoms with Crippen molar-refractivity contribution in [2.24, 2.45) is 0 Å². The highest BCUT2D eigenvalue weighted by Gasteiger charge is 2.19. The Morgan fingerprint density at radius 3 is 1.82 bits per heavy atom. The number of carbonyl (C=O) groups excluding carboxylic acids is 1. The molecule has 0 saturated carbocycles. The Labute approximate surface area is 103 Å². The van der Waals surface area contributed by atoms with Gasteiger partial charge in [0.1, 0.15) is 5.75 Å². The zero-order valence-corrected chi connectivity index (χ0v) is 11.7. The van der Waals surface area contributed by atoms with Crippen molar-refractivity contribution < 1.29 is 13.2 Å². The maximum atomic E-state index is 12.0. The topological polar surface area (TPSA) is 51.2 Å². The lowest BCUT2D eigenvalue weighted by Gasteiger charge is -2.13. The van der Waals surface area contributed by atoms with E-state index in [4.69, 9.17) is 0 Å². The van der Waals surface area contributed by atoms with Crippen molar-refractivity contribution >= 4 is 15.6 Å². The Kier molecular flexibility index (Phi) is 3.77. The van der Waals surface area contributed by atoms with Crippen LogP contribution in [-0.4, -0.2) is 26.2 Å². The van der Waals surface area contributed by atoms with Crippen LogP contribution in [0.2, 0.25) is 0 Å². The summed E-state index contributed by atoms with van der Waals surface area (Å²) in [5.41, 5.74) is 4.35. The van der Waals surface area contributed by atoms with E-state index in [1.807, 2.05) is 33.8 Å². The van der Waals surface area contributed by atoms with E-state index in [1.165, 1.54) is 0 Å². The Morgan fingerprint density at radius 2 is 1.47 bits per heavy atom. The smallest absolute Gasteiger partial charge is 0.178 e.